The van der Waals surface area contributed by atoms with E-state index in [9.17, 15) is 14.0 Å². The number of aromatic nitrogens is 2. The molecule has 4 rings (SSSR count). The molecule has 1 N–H and O–H groups in total. The van der Waals surface area contributed by atoms with E-state index in [0.717, 1.165) is 0 Å². The van der Waals surface area contributed by atoms with Crippen LogP contribution in [-0.4, -0.2) is 29.7 Å². The van der Waals surface area contributed by atoms with Crippen LogP contribution in [-0.2, 0) is 17.6 Å². The maximum atomic E-state index is 14.0. The second kappa shape index (κ2) is 9.04. The second-order valence-corrected chi connectivity index (χ2v) is 8.26. The number of anilines is 1. The molecule has 0 unspecified atom stereocenters. The van der Waals surface area contributed by atoms with Gasteiger partial charge in [0.1, 0.15) is 23.1 Å². The Bertz CT molecular complexity index is 1240. The van der Waals surface area contributed by atoms with Gasteiger partial charge >= 0.3 is 0 Å². The summed E-state index contributed by atoms with van der Waals surface area (Å²) < 4.78 is 26.4. The van der Waals surface area contributed by atoms with Crippen LogP contribution in [0.1, 0.15) is 29.0 Å². The van der Waals surface area contributed by atoms with E-state index < -0.39 is 11.5 Å². The number of hydrogen-bond acceptors (Lipinski definition) is 6. The van der Waals surface area contributed by atoms with Crippen molar-refractivity contribution < 1.29 is 18.7 Å². The Labute approximate surface area is 188 Å². The Morgan fingerprint density at radius 3 is 2.69 bits per heavy atom. The zero-order chi connectivity index (χ0) is 22.8. The van der Waals surface area contributed by atoms with E-state index in [1.807, 2.05) is 0 Å². The van der Waals surface area contributed by atoms with Crippen LogP contribution in [0.5, 0.6) is 11.5 Å². The first kappa shape index (κ1) is 21.9. The summed E-state index contributed by atoms with van der Waals surface area (Å²) in [4.78, 5) is 29.9. The monoisotopic (exact) mass is 455 g/mol. The number of amides is 1. The molecule has 0 radical (unpaired) electrons. The van der Waals surface area contributed by atoms with Crippen molar-refractivity contribution in [3.05, 3.63) is 75.3 Å². The summed E-state index contributed by atoms with van der Waals surface area (Å²) in [5, 5.41) is 3.20. The van der Waals surface area contributed by atoms with Gasteiger partial charge in [0.2, 0.25) is 5.91 Å². The number of thioether (sulfide) groups is 1. The Morgan fingerprint density at radius 2 is 1.97 bits per heavy atom. The van der Waals surface area contributed by atoms with Crippen LogP contribution in [0.15, 0.2) is 52.4 Å². The molecule has 32 heavy (non-hydrogen) atoms. The highest BCUT2D eigenvalue weighted by Crippen LogP contribution is 2.40. The minimum atomic E-state index is -0.517. The average Bonchev–Trinajstić information content (AvgIpc) is 2.80. The lowest BCUT2D eigenvalue weighted by Gasteiger charge is -2.28. The molecule has 1 aromatic heterocycles. The fourth-order valence-corrected chi connectivity index (χ4v) is 4.75. The van der Waals surface area contributed by atoms with E-state index in [1.165, 1.54) is 24.9 Å². The zero-order valence-corrected chi connectivity index (χ0v) is 18.7. The van der Waals surface area contributed by atoms with E-state index in [2.05, 4.69) is 10.3 Å². The van der Waals surface area contributed by atoms with Gasteiger partial charge in [-0.15, -0.1) is 0 Å². The predicted octanol–water partition coefficient (Wildman–Crippen LogP) is 3.70. The van der Waals surface area contributed by atoms with E-state index in [-0.39, 0.29) is 18.1 Å². The predicted molar refractivity (Wildman–Crippen MR) is 120 cm³/mol. The number of carbonyl (C=O) groups is 1. The van der Waals surface area contributed by atoms with E-state index >= 15 is 0 Å². The van der Waals surface area contributed by atoms with Gasteiger partial charge < -0.3 is 19.4 Å². The van der Waals surface area contributed by atoms with Crippen molar-refractivity contribution in [2.75, 3.05) is 19.5 Å². The number of rotatable bonds is 6. The molecule has 1 atom stereocenters. The topological polar surface area (TPSA) is 82.5 Å². The number of benzene rings is 2. The third-order valence-corrected chi connectivity index (χ3v) is 6.51. The minimum absolute atomic E-state index is 0.0916. The highest BCUT2D eigenvalue weighted by atomic mass is 32.2. The summed E-state index contributed by atoms with van der Waals surface area (Å²) in [5.74, 6) is 0.772. The molecule has 2 aromatic carbocycles. The smallest absolute Gasteiger partial charge is 0.279 e. The molecule has 7 nitrogen and oxygen atoms in total. The first-order valence-electron chi connectivity index (χ1n) is 9.91. The van der Waals surface area contributed by atoms with Crippen LogP contribution < -0.4 is 20.3 Å². The standard InChI is InChI=1S/C23H22FN3O4S/c1-27-21-20(22(29)26-23(27)32-12-13-6-4-5-7-17(13)24)16(11-19(28)25-21)15-9-8-14(30-2)10-18(15)31-3/h4-10,16H,11-12H2,1-3H3,(H,25,28)/t16-/m0/s1. The van der Waals surface area contributed by atoms with Gasteiger partial charge in [-0.25, -0.2) is 4.39 Å². The Morgan fingerprint density at radius 1 is 1.19 bits per heavy atom. The lowest BCUT2D eigenvalue weighted by molar-refractivity contribution is -0.116. The highest BCUT2D eigenvalue weighted by molar-refractivity contribution is 7.98. The Kier molecular flexibility index (Phi) is 6.18. The normalized spacial score (nSPS) is 15.1. The summed E-state index contributed by atoms with van der Waals surface area (Å²) in [6, 6.07) is 11.7. The van der Waals surface area contributed by atoms with Crippen molar-refractivity contribution >= 4 is 23.5 Å². The highest BCUT2D eigenvalue weighted by Gasteiger charge is 2.33. The number of nitrogens with zero attached hydrogens (tertiary/aromatic N) is 2. The first-order chi connectivity index (χ1) is 15.4. The van der Waals surface area contributed by atoms with E-state index in [4.69, 9.17) is 9.47 Å². The summed E-state index contributed by atoms with van der Waals surface area (Å²) in [7, 11) is 4.81. The number of methoxy groups -OCH3 is 2. The SMILES string of the molecule is COc1ccc([C@@H]2CC(=O)Nc3c2c(=O)nc(SCc2ccccc2F)n3C)c(OC)c1. The number of carbonyl (C=O) groups excluding carboxylic acids is 1. The maximum absolute atomic E-state index is 14.0. The molecule has 1 amide bonds. The summed E-state index contributed by atoms with van der Waals surface area (Å²) in [5.41, 5.74) is 1.17. The second-order valence-electron chi connectivity index (χ2n) is 7.31. The molecule has 0 bridgehead atoms. The summed E-state index contributed by atoms with van der Waals surface area (Å²) in [6.07, 6.45) is 0.0916. The molecule has 0 spiro atoms. The van der Waals surface area contributed by atoms with Crippen LogP contribution in [0.3, 0.4) is 0 Å². The number of fused-ring (bicyclic) bond motifs is 1. The first-order valence-corrected chi connectivity index (χ1v) is 10.9. The van der Waals surface area contributed by atoms with Crippen LogP contribution in [0.4, 0.5) is 10.2 Å². The van der Waals surface area contributed by atoms with Crippen LogP contribution >= 0.6 is 11.8 Å². The van der Waals surface area contributed by atoms with Gasteiger partial charge in [0.05, 0.1) is 19.8 Å². The van der Waals surface area contributed by atoms with Gasteiger partial charge in [-0.2, -0.15) is 4.98 Å². The van der Waals surface area contributed by atoms with Crippen molar-refractivity contribution in [3.8, 4) is 11.5 Å². The molecular formula is C23H22FN3O4S. The zero-order valence-electron chi connectivity index (χ0n) is 17.8. The molecule has 2 heterocycles. The molecular weight excluding hydrogens is 433 g/mol. The fourth-order valence-electron chi connectivity index (χ4n) is 3.79. The molecule has 166 valence electrons. The van der Waals surface area contributed by atoms with Gasteiger partial charge in [0.15, 0.2) is 5.16 Å². The number of nitrogens with one attached hydrogen (secondary N) is 1. The fraction of sp³-hybridized carbons (Fsp3) is 0.261. The van der Waals surface area contributed by atoms with Gasteiger partial charge in [0, 0.05) is 36.8 Å². The van der Waals surface area contributed by atoms with Gasteiger partial charge in [-0.05, 0) is 17.7 Å². The van der Waals surface area contributed by atoms with Crippen molar-refractivity contribution in [1.82, 2.24) is 9.55 Å². The van der Waals surface area contributed by atoms with Crippen molar-refractivity contribution in [2.24, 2.45) is 7.05 Å². The van der Waals surface area contributed by atoms with Gasteiger partial charge in [0.25, 0.3) is 5.56 Å². The van der Waals surface area contributed by atoms with Crippen molar-refractivity contribution in [3.63, 3.8) is 0 Å². The molecule has 0 fully saturated rings. The van der Waals surface area contributed by atoms with Crippen molar-refractivity contribution in [2.45, 2.75) is 23.2 Å². The number of hydrogen-bond donors (Lipinski definition) is 1. The lowest BCUT2D eigenvalue weighted by Crippen LogP contribution is -2.33. The van der Waals surface area contributed by atoms with Gasteiger partial charge in [-0.3, -0.25) is 9.59 Å². The summed E-state index contributed by atoms with van der Waals surface area (Å²) >= 11 is 1.23. The van der Waals surface area contributed by atoms with Gasteiger partial charge in [-0.1, -0.05) is 36.0 Å². The maximum Gasteiger partial charge on any atom is 0.279 e. The quantitative estimate of drug-likeness (QED) is 0.451. The number of ether oxygens (including phenoxy) is 2. The van der Waals surface area contributed by atoms with E-state index in [0.29, 0.717) is 44.9 Å². The van der Waals surface area contributed by atoms with Crippen LogP contribution in [0, 0.1) is 5.82 Å². The molecule has 1 aliphatic heterocycles. The molecule has 0 saturated carbocycles. The number of halogens is 1. The minimum Gasteiger partial charge on any atom is -0.497 e. The van der Waals surface area contributed by atoms with Crippen LogP contribution in [0.25, 0.3) is 0 Å². The molecule has 0 aliphatic carbocycles. The molecule has 9 heteroatoms. The molecule has 0 saturated heterocycles. The van der Waals surface area contributed by atoms with E-state index in [1.54, 1.807) is 55.1 Å². The Balaban J connectivity index is 1.75. The third kappa shape index (κ3) is 4.08. The lowest BCUT2D eigenvalue weighted by atomic mass is 9.86. The molecule has 1 aliphatic rings. The van der Waals surface area contributed by atoms with Crippen LogP contribution in [0.2, 0.25) is 0 Å². The molecule has 3 aromatic rings. The Hall–Kier alpha value is -3.33. The average molecular weight is 456 g/mol. The largest absolute Gasteiger partial charge is 0.497 e. The third-order valence-electron chi connectivity index (χ3n) is 5.43. The van der Waals surface area contributed by atoms with Crippen molar-refractivity contribution in [1.29, 1.82) is 0 Å². The summed E-state index contributed by atoms with van der Waals surface area (Å²) in [6.45, 7) is 0.